The van der Waals surface area contributed by atoms with Gasteiger partial charge in [-0.3, -0.25) is 0 Å². The zero-order valence-corrected chi connectivity index (χ0v) is 19.0. The van der Waals surface area contributed by atoms with Crippen molar-refractivity contribution in [1.29, 1.82) is 0 Å². The van der Waals surface area contributed by atoms with E-state index in [1.54, 1.807) is 26.0 Å². The molecule has 0 unspecified atom stereocenters. The Morgan fingerprint density at radius 1 is 1.03 bits per heavy atom. The summed E-state index contributed by atoms with van der Waals surface area (Å²) >= 11 is 0. The molecule has 0 radical (unpaired) electrons. The maximum absolute atomic E-state index is 12.6. The molecule has 0 aliphatic heterocycles. The van der Waals surface area contributed by atoms with Gasteiger partial charge in [0.1, 0.15) is 11.4 Å². The van der Waals surface area contributed by atoms with E-state index in [1.165, 1.54) is 0 Å². The number of aliphatic hydroxyl groups is 1. The van der Waals surface area contributed by atoms with Gasteiger partial charge < -0.3 is 19.0 Å². The van der Waals surface area contributed by atoms with Gasteiger partial charge in [0.2, 0.25) is 0 Å². The second kappa shape index (κ2) is 9.56. The van der Waals surface area contributed by atoms with Crippen LogP contribution < -0.4 is 15.1 Å². The molecule has 0 saturated carbocycles. The molecule has 166 valence electrons. The maximum atomic E-state index is 12.6. The molecule has 0 bridgehead atoms. The van der Waals surface area contributed by atoms with Crippen molar-refractivity contribution in [2.75, 3.05) is 13.2 Å². The summed E-state index contributed by atoms with van der Waals surface area (Å²) in [6.07, 6.45) is 1.96. The van der Waals surface area contributed by atoms with Crippen LogP contribution in [0, 0.1) is 5.92 Å². The van der Waals surface area contributed by atoms with E-state index in [9.17, 15) is 9.90 Å². The molecule has 5 heteroatoms. The molecular weight excluding hydrogens is 392 g/mol. The van der Waals surface area contributed by atoms with Crippen molar-refractivity contribution in [2.24, 2.45) is 5.92 Å². The maximum Gasteiger partial charge on any atom is 0.343 e. The van der Waals surface area contributed by atoms with Crippen LogP contribution in [0.2, 0.25) is 0 Å². The zero-order chi connectivity index (χ0) is 22.6. The number of hydrogen-bond donors (Lipinski definition) is 1. The monoisotopic (exact) mass is 424 g/mol. The molecule has 0 saturated heterocycles. The molecule has 0 spiro atoms. The van der Waals surface area contributed by atoms with E-state index in [0.29, 0.717) is 41.6 Å². The Morgan fingerprint density at radius 2 is 1.74 bits per heavy atom. The fourth-order valence-electron chi connectivity index (χ4n) is 3.40. The molecule has 1 heterocycles. The zero-order valence-electron chi connectivity index (χ0n) is 19.0. The first-order valence-electron chi connectivity index (χ1n) is 10.9. The number of benzene rings is 2. The molecule has 5 nitrogen and oxygen atoms in total. The second-order valence-electron chi connectivity index (χ2n) is 8.77. The smallest absolute Gasteiger partial charge is 0.343 e. The summed E-state index contributed by atoms with van der Waals surface area (Å²) in [6, 6.07) is 13.0. The van der Waals surface area contributed by atoms with Gasteiger partial charge in [0.15, 0.2) is 11.5 Å². The largest absolute Gasteiger partial charge is 0.490 e. The van der Waals surface area contributed by atoms with Crippen LogP contribution in [0.5, 0.6) is 11.5 Å². The molecule has 3 rings (SSSR count). The molecule has 3 aromatic rings. The summed E-state index contributed by atoms with van der Waals surface area (Å²) in [7, 11) is 0. The molecule has 31 heavy (non-hydrogen) atoms. The molecule has 0 atom stereocenters. The topological polar surface area (TPSA) is 68.9 Å². The van der Waals surface area contributed by atoms with Crippen LogP contribution in [0.25, 0.3) is 21.9 Å². The predicted molar refractivity (Wildman–Crippen MR) is 124 cm³/mol. The van der Waals surface area contributed by atoms with Crippen LogP contribution in [0.15, 0.2) is 51.7 Å². The van der Waals surface area contributed by atoms with E-state index >= 15 is 0 Å². The van der Waals surface area contributed by atoms with Crippen LogP contribution >= 0.6 is 0 Å². The third-order valence-corrected chi connectivity index (χ3v) is 4.95. The number of unbranched alkanes of at least 4 members (excludes halogenated alkanes) is 1. The Labute approximate surface area is 183 Å². The van der Waals surface area contributed by atoms with E-state index in [-0.39, 0.29) is 5.76 Å². The molecular formula is C26H32O5. The minimum atomic E-state index is -1.34. The third-order valence-electron chi connectivity index (χ3n) is 4.95. The molecule has 1 N–H and O–H groups in total. The highest BCUT2D eigenvalue weighted by molar-refractivity contribution is 5.97. The van der Waals surface area contributed by atoms with E-state index in [2.05, 4.69) is 20.8 Å². The highest BCUT2D eigenvalue weighted by Crippen LogP contribution is 2.40. The summed E-state index contributed by atoms with van der Waals surface area (Å²) in [5, 5.41) is 12.0. The van der Waals surface area contributed by atoms with Gasteiger partial charge in [-0.15, -0.1) is 0 Å². The summed E-state index contributed by atoms with van der Waals surface area (Å²) in [5.74, 6) is 1.94. The molecule has 0 aliphatic carbocycles. The van der Waals surface area contributed by atoms with Gasteiger partial charge >= 0.3 is 5.63 Å². The second-order valence-corrected chi connectivity index (χ2v) is 8.77. The van der Waals surface area contributed by atoms with Crippen LogP contribution in [0.3, 0.4) is 0 Å². The van der Waals surface area contributed by atoms with Gasteiger partial charge in [-0.05, 0) is 49.9 Å². The first-order chi connectivity index (χ1) is 14.7. The van der Waals surface area contributed by atoms with Crippen molar-refractivity contribution in [1.82, 2.24) is 0 Å². The Hall–Kier alpha value is -2.79. The summed E-state index contributed by atoms with van der Waals surface area (Å²) in [5.41, 5.74) is -0.333. The lowest BCUT2D eigenvalue weighted by molar-refractivity contribution is 0.0521. The van der Waals surface area contributed by atoms with Crippen molar-refractivity contribution in [2.45, 2.75) is 53.1 Å². The Morgan fingerprint density at radius 3 is 2.39 bits per heavy atom. The van der Waals surface area contributed by atoms with Crippen LogP contribution in [0.4, 0.5) is 0 Å². The average molecular weight is 425 g/mol. The van der Waals surface area contributed by atoms with E-state index in [1.807, 2.05) is 30.3 Å². The van der Waals surface area contributed by atoms with E-state index < -0.39 is 11.2 Å². The Bertz CT molecular complexity index is 1090. The number of fused-ring (bicyclic) bond motifs is 1. The Balaban J connectivity index is 2.20. The third kappa shape index (κ3) is 5.28. The number of ether oxygens (including phenoxy) is 2. The van der Waals surface area contributed by atoms with Crippen LogP contribution in [0.1, 0.15) is 53.2 Å². The average Bonchev–Trinajstić information content (AvgIpc) is 2.72. The Kier molecular flexibility index (Phi) is 7.06. The standard InChI is InChI=1S/C26H32O5/c1-6-7-14-29-22-15-18(12-13-21(22)30-16-17(2)3)23-19-10-8-9-11-20(19)25(27)31-24(23)26(4,5)28/h8-13,15,17,28H,6-7,14,16H2,1-5H3. The number of hydrogen-bond acceptors (Lipinski definition) is 5. The first-order valence-corrected chi connectivity index (χ1v) is 10.9. The first kappa shape index (κ1) is 22.9. The lowest BCUT2D eigenvalue weighted by Gasteiger charge is -2.22. The quantitative estimate of drug-likeness (QED) is 0.433. The lowest BCUT2D eigenvalue weighted by Crippen LogP contribution is -2.20. The van der Waals surface area contributed by atoms with Gasteiger partial charge in [0.25, 0.3) is 0 Å². The molecule has 2 aromatic carbocycles. The fraction of sp³-hybridized carbons (Fsp3) is 0.423. The minimum Gasteiger partial charge on any atom is -0.490 e. The highest BCUT2D eigenvalue weighted by atomic mass is 16.5. The van der Waals surface area contributed by atoms with Gasteiger partial charge in [-0.25, -0.2) is 4.79 Å². The van der Waals surface area contributed by atoms with Crippen molar-refractivity contribution in [3.8, 4) is 22.6 Å². The summed E-state index contributed by atoms with van der Waals surface area (Å²) in [4.78, 5) is 12.6. The van der Waals surface area contributed by atoms with Crippen molar-refractivity contribution in [3.63, 3.8) is 0 Å². The predicted octanol–water partition coefficient (Wildman–Crippen LogP) is 5.90. The van der Waals surface area contributed by atoms with Gasteiger partial charge in [-0.1, -0.05) is 51.5 Å². The highest BCUT2D eigenvalue weighted by Gasteiger charge is 2.28. The van der Waals surface area contributed by atoms with Crippen molar-refractivity contribution in [3.05, 3.63) is 58.6 Å². The van der Waals surface area contributed by atoms with Gasteiger partial charge in [-0.2, -0.15) is 0 Å². The van der Waals surface area contributed by atoms with Crippen molar-refractivity contribution < 1.29 is 19.0 Å². The molecule has 0 aliphatic rings. The number of rotatable bonds is 9. The fourth-order valence-corrected chi connectivity index (χ4v) is 3.40. The molecule has 1 aromatic heterocycles. The van der Waals surface area contributed by atoms with E-state index in [4.69, 9.17) is 13.9 Å². The summed E-state index contributed by atoms with van der Waals surface area (Å²) in [6.45, 7) is 10.7. The van der Waals surface area contributed by atoms with Crippen molar-refractivity contribution >= 4 is 10.8 Å². The summed E-state index contributed by atoms with van der Waals surface area (Å²) < 4.78 is 17.6. The molecule has 0 amide bonds. The normalized spacial score (nSPS) is 11.8. The van der Waals surface area contributed by atoms with Crippen LogP contribution in [-0.2, 0) is 5.60 Å². The van der Waals surface area contributed by atoms with Crippen LogP contribution in [-0.4, -0.2) is 18.3 Å². The minimum absolute atomic E-state index is 0.228. The SMILES string of the molecule is CCCCOc1cc(-c2c(C(C)(C)O)oc(=O)c3ccccc23)ccc1OCC(C)C. The molecule has 0 fully saturated rings. The van der Waals surface area contributed by atoms with E-state index in [0.717, 1.165) is 23.8 Å². The lowest BCUT2D eigenvalue weighted by atomic mass is 9.92. The van der Waals surface area contributed by atoms with Gasteiger partial charge in [0, 0.05) is 10.9 Å². The van der Waals surface area contributed by atoms with Gasteiger partial charge in [0.05, 0.1) is 18.6 Å².